The molecule has 4 rings (SSSR count). The van der Waals surface area contributed by atoms with Gasteiger partial charge in [-0.3, -0.25) is 9.59 Å². The monoisotopic (exact) mass is 418 g/mol. The number of aliphatic imine (C=N–C) groups is 1. The molecular weight excluding hydrogens is 396 g/mol. The lowest BCUT2D eigenvalue weighted by molar-refractivity contribution is -0.111. The fourth-order valence-electron chi connectivity index (χ4n) is 3.30. The number of anilines is 1. The second-order valence-corrected chi connectivity index (χ2v) is 7.31. The van der Waals surface area contributed by atoms with Gasteiger partial charge in [-0.2, -0.15) is 0 Å². The van der Waals surface area contributed by atoms with Crippen LogP contribution in [0.1, 0.15) is 21.5 Å². The van der Waals surface area contributed by atoms with Crippen LogP contribution in [-0.4, -0.2) is 17.5 Å². The van der Waals surface area contributed by atoms with Crippen LogP contribution in [0.15, 0.2) is 120 Å². The lowest BCUT2D eigenvalue weighted by atomic mass is 10.1. The molecule has 0 N–H and O–H groups in total. The first-order valence-electron chi connectivity index (χ1n) is 10.3. The maximum Gasteiger partial charge on any atom is 0.284 e. The number of carbonyl (C=O) groups is 2. The topological polar surface area (TPSA) is 49.7 Å². The minimum atomic E-state index is -0.488. The highest BCUT2D eigenvalue weighted by Crippen LogP contribution is 2.22. The number of amides is 2. The third-order valence-corrected chi connectivity index (χ3v) is 4.97. The summed E-state index contributed by atoms with van der Waals surface area (Å²) in [7, 11) is 0. The van der Waals surface area contributed by atoms with E-state index in [0.29, 0.717) is 22.5 Å². The molecule has 156 valence electrons. The Morgan fingerprint density at radius 2 is 1.12 bits per heavy atom. The van der Waals surface area contributed by atoms with Crippen molar-refractivity contribution in [1.29, 1.82) is 0 Å². The summed E-state index contributed by atoms with van der Waals surface area (Å²) in [6.07, 6.45) is 0. The quantitative estimate of drug-likeness (QED) is 0.374. The van der Waals surface area contributed by atoms with Crippen LogP contribution in [0.25, 0.3) is 0 Å². The summed E-state index contributed by atoms with van der Waals surface area (Å²) in [5, 5.41) is 0. The van der Waals surface area contributed by atoms with Crippen molar-refractivity contribution in [3.63, 3.8) is 0 Å². The van der Waals surface area contributed by atoms with E-state index < -0.39 is 11.8 Å². The number of carbonyl (C=O) groups excluding carboxylic acids is 2. The molecule has 0 spiro atoms. The predicted molar refractivity (Wildman–Crippen MR) is 129 cm³/mol. The van der Waals surface area contributed by atoms with Gasteiger partial charge in [0.15, 0.2) is 0 Å². The second-order valence-electron chi connectivity index (χ2n) is 7.31. The first-order chi connectivity index (χ1) is 15.6. The number of rotatable bonds is 5. The molecule has 0 atom stereocenters. The molecule has 4 aromatic carbocycles. The molecule has 0 aliphatic heterocycles. The van der Waals surface area contributed by atoms with Gasteiger partial charge in [0, 0.05) is 11.1 Å². The molecule has 0 heterocycles. The average Bonchev–Trinajstić information content (AvgIpc) is 2.85. The molecule has 0 saturated carbocycles. The SMILES string of the molecule is Cc1ccc(N(C(=O)C(=Nc2ccccc2)c2ccccc2)C(=O)c2ccccc2)cc1. The first-order valence-corrected chi connectivity index (χ1v) is 10.3. The highest BCUT2D eigenvalue weighted by Gasteiger charge is 2.29. The third-order valence-electron chi connectivity index (χ3n) is 4.97. The van der Waals surface area contributed by atoms with Gasteiger partial charge < -0.3 is 0 Å². The highest BCUT2D eigenvalue weighted by atomic mass is 16.2. The molecule has 0 fully saturated rings. The third kappa shape index (κ3) is 4.71. The van der Waals surface area contributed by atoms with Crippen molar-refractivity contribution in [2.75, 3.05) is 4.90 Å². The summed E-state index contributed by atoms with van der Waals surface area (Å²) in [6.45, 7) is 1.96. The van der Waals surface area contributed by atoms with Crippen LogP contribution >= 0.6 is 0 Å². The van der Waals surface area contributed by atoms with E-state index in [1.54, 1.807) is 36.4 Å². The van der Waals surface area contributed by atoms with Gasteiger partial charge in [0.2, 0.25) is 0 Å². The van der Waals surface area contributed by atoms with Gasteiger partial charge in [-0.25, -0.2) is 9.89 Å². The fraction of sp³-hybridized carbons (Fsp3) is 0.0357. The predicted octanol–water partition coefficient (Wildman–Crippen LogP) is 5.99. The minimum absolute atomic E-state index is 0.196. The van der Waals surface area contributed by atoms with Crippen LogP contribution in [0.2, 0.25) is 0 Å². The van der Waals surface area contributed by atoms with Crippen LogP contribution in [0.5, 0.6) is 0 Å². The zero-order chi connectivity index (χ0) is 22.3. The molecule has 0 aliphatic rings. The van der Waals surface area contributed by atoms with Crippen molar-refractivity contribution in [3.05, 3.63) is 132 Å². The van der Waals surface area contributed by atoms with Crippen molar-refractivity contribution < 1.29 is 9.59 Å². The maximum atomic E-state index is 13.9. The molecule has 0 unspecified atom stereocenters. The van der Waals surface area contributed by atoms with E-state index in [0.717, 1.165) is 5.56 Å². The first kappa shape index (κ1) is 20.9. The van der Waals surface area contributed by atoms with Crippen LogP contribution < -0.4 is 4.90 Å². The summed E-state index contributed by atoms with van der Waals surface area (Å²) < 4.78 is 0. The largest absolute Gasteiger partial charge is 0.284 e. The van der Waals surface area contributed by atoms with E-state index in [1.165, 1.54) is 4.90 Å². The fourth-order valence-corrected chi connectivity index (χ4v) is 3.30. The Hall–Kier alpha value is -4.31. The lowest BCUT2D eigenvalue weighted by Gasteiger charge is -2.22. The minimum Gasteiger partial charge on any atom is -0.268 e. The van der Waals surface area contributed by atoms with Gasteiger partial charge in [0.05, 0.1) is 11.4 Å². The van der Waals surface area contributed by atoms with Gasteiger partial charge in [-0.1, -0.05) is 84.4 Å². The summed E-state index contributed by atoms with van der Waals surface area (Å²) >= 11 is 0. The molecule has 0 bridgehead atoms. The molecule has 0 aromatic heterocycles. The number of imide groups is 1. The van der Waals surface area contributed by atoms with Gasteiger partial charge in [-0.15, -0.1) is 0 Å². The molecule has 2 amide bonds. The Bertz CT molecular complexity index is 1230. The van der Waals surface area contributed by atoms with Gasteiger partial charge in [-0.05, 0) is 43.3 Å². The van der Waals surface area contributed by atoms with Gasteiger partial charge in [0.25, 0.3) is 11.8 Å². The Morgan fingerprint density at radius 3 is 1.69 bits per heavy atom. The zero-order valence-corrected chi connectivity index (χ0v) is 17.7. The van der Waals surface area contributed by atoms with Crippen LogP contribution in [-0.2, 0) is 4.79 Å². The zero-order valence-electron chi connectivity index (χ0n) is 17.7. The molecule has 0 aliphatic carbocycles. The van der Waals surface area contributed by atoms with Gasteiger partial charge in [0.1, 0.15) is 5.71 Å². The average molecular weight is 418 g/mol. The highest BCUT2D eigenvalue weighted by molar-refractivity contribution is 6.54. The number of benzene rings is 4. The number of para-hydroxylation sites is 1. The van der Waals surface area contributed by atoms with Crippen molar-refractivity contribution in [1.82, 2.24) is 0 Å². The molecule has 0 saturated heterocycles. The van der Waals surface area contributed by atoms with E-state index in [-0.39, 0.29) is 5.71 Å². The van der Waals surface area contributed by atoms with Crippen molar-refractivity contribution in [2.24, 2.45) is 4.99 Å². The molecule has 4 aromatic rings. The van der Waals surface area contributed by atoms with Crippen LogP contribution in [0, 0.1) is 6.92 Å². The van der Waals surface area contributed by atoms with E-state index >= 15 is 0 Å². The maximum absolute atomic E-state index is 13.9. The normalized spacial score (nSPS) is 11.1. The molecule has 4 nitrogen and oxygen atoms in total. The van der Waals surface area contributed by atoms with Crippen LogP contribution in [0.3, 0.4) is 0 Å². The lowest BCUT2D eigenvalue weighted by Crippen LogP contribution is -2.41. The number of aryl methyl sites for hydroxylation is 1. The Labute approximate surface area is 187 Å². The Balaban J connectivity index is 1.85. The van der Waals surface area contributed by atoms with Crippen molar-refractivity contribution >= 4 is 28.9 Å². The van der Waals surface area contributed by atoms with E-state index in [2.05, 4.69) is 4.99 Å². The summed E-state index contributed by atoms with van der Waals surface area (Å²) in [5.41, 5.74) is 3.42. The van der Waals surface area contributed by atoms with E-state index in [9.17, 15) is 9.59 Å². The van der Waals surface area contributed by atoms with E-state index in [4.69, 9.17) is 0 Å². The molecule has 4 heteroatoms. The summed E-state index contributed by atoms with van der Waals surface area (Å²) in [4.78, 5) is 33.3. The van der Waals surface area contributed by atoms with E-state index in [1.807, 2.05) is 85.8 Å². The molecule has 32 heavy (non-hydrogen) atoms. The summed E-state index contributed by atoms with van der Waals surface area (Å²) in [6, 6.07) is 34.6. The standard InChI is InChI=1S/C28H22N2O2/c1-21-17-19-25(20-18-21)30(27(31)23-13-7-3-8-14-23)28(32)26(22-11-5-2-6-12-22)29-24-15-9-4-10-16-24/h2-20H,1H3. The number of hydrogen-bond donors (Lipinski definition) is 0. The Morgan fingerprint density at radius 1 is 0.625 bits per heavy atom. The molecular formula is C28H22N2O2. The number of hydrogen-bond acceptors (Lipinski definition) is 3. The van der Waals surface area contributed by atoms with Crippen LogP contribution in [0.4, 0.5) is 11.4 Å². The van der Waals surface area contributed by atoms with Gasteiger partial charge >= 0.3 is 0 Å². The summed E-state index contributed by atoms with van der Waals surface area (Å²) in [5.74, 6) is -0.895. The van der Waals surface area contributed by atoms with Crippen molar-refractivity contribution in [3.8, 4) is 0 Å². The number of nitrogens with zero attached hydrogens (tertiary/aromatic N) is 2. The molecule has 0 radical (unpaired) electrons. The van der Waals surface area contributed by atoms with Crippen molar-refractivity contribution in [2.45, 2.75) is 6.92 Å². The second kappa shape index (κ2) is 9.67. The smallest absolute Gasteiger partial charge is 0.268 e. The Kier molecular flexibility index (Phi) is 6.33.